The summed E-state index contributed by atoms with van der Waals surface area (Å²) in [7, 11) is 1.70. The highest BCUT2D eigenvalue weighted by molar-refractivity contribution is 6.00. The van der Waals surface area contributed by atoms with Crippen LogP contribution in [-0.4, -0.2) is 47.4 Å². The van der Waals surface area contributed by atoms with Crippen molar-refractivity contribution in [1.29, 1.82) is 0 Å². The predicted molar refractivity (Wildman–Crippen MR) is 160 cm³/mol. The first-order valence-corrected chi connectivity index (χ1v) is 14.2. The summed E-state index contributed by atoms with van der Waals surface area (Å²) in [5.41, 5.74) is 2.52. The van der Waals surface area contributed by atoms with Gasteiger partial charge in [-0.2, -0.15) is 0 Å². The maximum atomic E-state index is 13.6. The number of aromatic amines is 1. The van der Waals surface area contributed by atoms with Crippen molar-refractivity contribution in [1.82, 2.24) is 10.3 Å². The molecule has 41 heavy (non-hydrogen) atoms. The molecule has 2 aromatic carbocycles. The van der Waals surface area contributed by atoms with E-state index in [1.807, 2.05) is 45.0 Å². The number of esters is 1. The standard InChI is InChI=1S/C32H40N4O5/c1-20(37)36(5)25-13-9-10-21(16-25)17-27(35-29(38)22-11-7-6-8-12-22)30(39)33-24-14-15-26-23(18-24)19-28(34-26)31(40)41-32(2,3)4/h9-10,13-16,18-19,22,27,34H,6-8,11-12,17H2,1-5H3,(H,33,39)(H,35,38). The van der Waals surface area contributed by atoms with Crippen molar-refractivity contribution in [2.45, 2.75) is 77.9 Å². The number of carbonyl (C=O) groups excluding carboxylic acids is 4. The van der Waals surface area contributed by atoms with E-state index in [1.54, 1.807) is 31.3 Å². The van der Waals surface area contributed by atoms with Gasteiger partial charge in [-0.3, -0.25) is 14.4 Å². The Balaban J connectivity index is 1.54. The number of amides is 3. The minimum Gasteiger partial charge on any atom is -0.455 e. The highest BCUT2D eigenvalue weighted by atomic mass is 16.6. The van der Waals surface area contributed by atoms with Crippen molar-refractivity contribution in [3.63, 3.8) is 0 Å². The van der Waals surface area contributed by atoms with Crippen molar-refractivity contribution >= 4 is 46.0 Å². The zero-order valence-electron chi connectivity index (χ0n) is 24.5. The topological polar surface area (TPSA) is 121 Å². The number of anilines is 2. The quantitative estimate of drug-likeness (QED) is 0.321. The van der Waals surface area contributed by atoms with Crippen molar-refractivity contribution < 1.29 is 23.9 Å². The van der Waals surface area contributed by atoms with E-state index in [0.29, 0.717) is 17.1 Å². The van der Waals surface area contributed by atoms with Crippen LogP contribution < -0.4 is 15.5 Å². The van der Waals surface area contributed by atoms with E-state index in [4.69, 9.17) is 4.74 Å². The number of ether oxygens (including phenoxy) is 1. The van der Waals surface area contributed by atoms with E-state index in [2.05, 4.69) is 15.6 Å². The molecule has 0 aliphatic heterocycles. The molecule has 1 aromatic heterocycles. The van der Waals surface area contributed by atoms with Crippen LogP contribution >= 0.6 is 0 Å². The van der Waals surface area contributed by atoms with Crippen LogP contribution in [0.25, 0.3) is 10.9 Å². The second-order valence-corrected chi connectivity index (χ2v) is 11.8. The Labute approximate surface area is 241 Å². The average Bonchev–Trinajstić information content (AvgIpc) is 3.36. The number of fused-ring (bicyclic) bond motifs is 1. The minimum atomic E-state index is -0.818. The molecular formula is C32H40N4O5. The summed E-state index contributed by atoms with van der Waals surface area (Å²) in [5.74, 6) is -1.11. The monoisotopic (exact) mass is 560 g/mol. The number of hydrogen-bond acceptors (Lipinski definition) is 5. The van der Waals surface area contributed by atoms with Gasteiger partial charge in [0.15, 0.2) is 0 Å². The molecule has 9 nitrogen and oxygen atoms in total. The van der Waals surface area contributed by atoms with E-state index in [1.165, 1.54) is 11.8 Å². The van der Waals surface area contributed by atoms with Crippen molar-refractivity contribution in [2.75, 3.05) is 17.3 Å². The molecule has 1 aliphatic carbocycles. The lowest BCUT2D eigenvalue weighted by atomic mass is 9.88. The normalized spacial score (nSPS) is 14.8. The van der Waals surface area contributed by atoms with Crippen LogP contribution in [0.15, 0.2) is 48.5 Å². The van der Waals surface area contributed by atoms with E-state index < -0.39 is 17.6 Å². The molecule has 1 aliphatic rings. The van der Waals surface area contributed by atoms with Crippen LogP contribution in [0.2, 0.25) is 0 Å². The van der Waals surface area contributed by atoms with Crippen LogP contribution in [0.3, 0.4) is 0 Å². The third-order valence-corrected chi connectivity index (χ3v) is 7.33. The van der Waals surface area contributed by atoms with E-state index in [0.717, 1.165) is 48.6 Å². The van der Waals surface area contributed by atoms with Gasteiger partial charge in [-0.05, 0) is 75.6 Å². The Morgan fingerprint density at radius 2 is 1.76 bits per heavy atom. The summed E-state index contributed by atoms with van der Waals surface area (Å²) in [4.78, 5) is 55.8. The zero-order chi connectivity index (χ0) is 29.7. The molecule has 9 heteroatoms. The number of H-pyrrole nitrogens is 1. The van der Waals surface area contributed by atoms with Gasteiger partial charge < -0.3 is 25.3 Å². The fraction of sp³-hybridized carbons (Fsp3) is 0.438. The first kappa shape index (κ1) is 29.8. The number of benzene rings is 2. The molecule has 1 unspecified atom stereocenters. The van der Waals surface area contributed by atoms with Gasteiger partial charge in [-0.25, -0.2) is 4.79 Å². The SMILES string of the molecule is CC(=O)N(C)c1cccc(CC(NC(=O)C2CCCCC2)C(=O)Nc2ccc3[nH]c(C(=O)OC(C)(C)C)cc3c2)c1. The molecule has 1 heterocycles. The van der Waals surface area contributed by atoms with Crippen molar-refractivity contribution in [3.05, 3.63) is 59.8 Å². The largest absolute Gasteiger partial charge is 0.455 e. The van der Waals surface area contributed by atoms with Gasteiger partial charge in [0.2, 0.25) is 17.7 Å². The van der Waals surface area contributed by atoms with Gasteiger partial charge in [-0.1, -0.05) is 31.4 Å². The van der Waals surface area contributed by atoms with E-state index in [9.17, 15) is 19.2 Å². The zero-order valence-corrected chi connectivity index (χ0v) is 24.5. The fourth-order valence-electron chi connectivity index (χ4n) is 5.06. The van der Waals surface area contributed by atoms with Crippen LogP contribution in [-0.2, 0) is 25.5 Å². The Bertz CT molecular complexity index is 1430. The second kappa shape index (κ2) is 12.6. The summed E-state index contributed by atoms with van der Waals surface area (Å²) < 4.78 is 5.46. The molecule has 1 atom stereocenters. The summed E-state index contributed by atoms with van der Waals surface area (Å²) >= 11 is 0. The second-order valence-electron chi connectivity index (χ2n) is 11.8. The Hall–Kier alpha value is -4.14. The average molecular weight is 561 g/mol. The molecule has 4 rings (SSSR count). The molecule has 3 aromatic rings. The third-order valence-electron chi connectivity index (χ3n) is 7.33. The number of nitrogens with one attached hydrogen (secondary N) is 3. The lowest BCUT2D eigenvalue weighted by Crippen LogP contribution is -2.47. The van der Waals surface area contributed by atoms with Gasteiger partial charge in [0.05, 0.1) is 0 Å². The molecule has 0 saturated heterocycles. The molecule has 1 fully saturated rings. The Morgan fingerprint density at radius 1 is 1.02 bits per heavy atom. The van der Waals surface area contributed by atoms with Gasteiger partial charge in [0.1, 0.15) is 17.3 Å². The maximum absolute atomic E-state index is 13.6. The smallest absolute Gasteiger partial charge is 0.355 e. The number of hydrogen-bond donors (Lipinski definition) is 3. The van der Waals surface area contributed by atoms with Crippen molar-refractivity contribution in [3.8, 4) is 0 Å². The molecule has 0 spiro atoms. The van der Waals surface area contributed by atoms with Crippen LogP contribution in [0.4, 0.5) is 11.4 Å². The van der Waals surface area contributed by atoms with Crippen molar-refractivity contribution in [2.24, 2.45) is 5.92 Å². The van der Waals surface area contributed by atoms with E-state index in [-0.39, 0.29) is 30.1 Å². The van der Waals surface area contributed by atoms with E-state index >= 15 is 0 Å². The minimum absolute atomic E-state index is 0.1000. The molecule has 3 N–H and O–H groups in total. The highest BCUT2D eigenvalue weighted by Gasteiger charge is 2.27. The summed E-state index contributed by atoms with van der Waals surface area (Å²) in [6.07, 6.45) is 5.06. The first-order chi connectivity index (χ1) is 19.4. The van der Waals surface area contributed by atoms with Crippen LogP contribution in [0, 0.1) is 5.92 Å². The molecule has 218 valence electrons. The summed E-state index contributed by atoms with van der Waals surface area (Å²) in [5, 5.41) is 6.69. The van der Waals surface area contributed by atoms with Crippen LogP contribution in [0.5, 0.6) is 0 Å². The number of carbonyl (C=O) groups is 4. The number of aromatic nitrogens is 1. The highest BCUT2D eigenvalue weighted by Crippen LogP contribution is 2.25. The lowest BCUT2D eigenvalue weighted by Gasteiger charge is -2.25. The Kier molecular flexibility index (Phi) is 9.15. The number of rotatable bonds is 8. The van der Waals surface area contributed by atoms with Crippen LogP contribution in [0.1, 0.15) is 75.9 Å². The molecule has 0 radical (unpaired) electrons. The molecule has 1 saturated carbocycles. The van der Waals surface area contributed by atoms with Gasteiger partial charge in [-0.15, -0.1) is 0 Å². The summed E-state index contributed by atoms with van der Waals surface area (Å²) in [6, 6.07) is 13.6. The molecule has 0 bridgehead atoms. The maximum Gasteiger partial charge on any atom is 0.355 e. The third kappa shape index (κ3) is 7.96. The van der Waals surface area contributed by atoms with Gasteiger partial charge >= 0.3 is 5.97 Å². The summed E-state index contributed by atoms with van der Waals surface area (Å²) in [6.45, 7) is 6.92. The lowest BCUT2D eigenvalue weighted by molar-refractivity contribution is -0.130. The first-order valence-electron chi connectivity index (χ1n) is 14.2. The molecule has 3 amide bonds. The number of nitrogens with zero attached hydrogens (tertiary/aromatic N) is 1. The Morgan fingerprint density at radius 3 is 2.44 bits per heavy atom. The fourth-order valence-corrected chi connectivity index (χ4v) is 5.06. The molecular weight excluding hydrogens is 520 g/mol. The van der Waals surface area contributed by atoms with Gasteiger partial charge in [0, 0.05) is 48.6 Å². The van der Waals surface area contributed by atoms with Gasteiger partial charge in [0.25, 0.3) is 0 Å². The predicted octanol–water partition coefficient (Wildman–Crippen LogP) is 5.35.